The lowest BCUT2D eigenvalue weighted by molar-refractivity contribution is 0.0697. The molecule has 7 heteroatoms. The van der Waals surface area contributed by atoms with Crippen molar-refractivity contribution in [3.8, 4) is 11.5 Å². The fourth-order valence-corrected chi connectivity index (χ4v) is 1.94. The lowest BCUT2D eigenvalue weighted by Crippen LogP contribution is -2.12. The Labute approximate surface area is 124 Å². The molecular formula is C14H10ClNO5. The van der Waals surface area contributed by atoms with Gasteiger partial charge in [0, 0.05) is 5.69 Å². The summed E-state index contributed by atoms with van der Waals surface area (Å²) < 4.78 is 0. The Morgan fingerprint density at radius 2 is 1.76 bits per heavy atom. The average Bonchev–Trinajstić information content (AvgIpc) is 2.41. The molecule has 4 N–H and O–H groups in total. The van der Waals surface area contributed by atoms with Crippen molar-refractivity contribution in [2.24, 2.45) is 0 Å². The van der Waals surface area contributed by atoms with E-state index in [0.29, 0.717) is 0 Å². The van der Waals surface area contributed by atoms with Crippen LogP contribution >= 0.6 is 11.6 Å². The molecule has 2 rings (SSSR count). The standard InChI is InChI=1S/C14H10ClNO5/c15-10-6-7(4-5-8(10)14(20)21)16-13(19)9-2-1-3-11(17)12(9)18/h1-6,17-18H,(H,16,19)(H,20,21). The van der Waals surface area contributed by atoms with Crippen LogP contribution in [0.15, 0.2) is 36.4 Å². The van der Waals surface area contributed by atoms with Crippen LogP contribution in [-0.4, -0.2) is 27.2 Å². The lowest BCUT2D eigenvalue weighted by Gasteiger charge is -2.08. The van der Waals surface area contributed by atoms with Gasteiger partial charge in [-0.2, -0.15) is 0 Å². The number of para-hydroxylation sites is 1. The number of amides is 1. The van der Waals surface area contributed by atoms with Crippen LogP contribution in [0.5, 0.6) is 11.5 Å². The van der Waals surface area contributed by atoms with E-state index >= 15 is 0 Å². The van der Waals surface area contributed by atoms with Gasteiger partial charge in [0.1, 0.15) is 0 Å². The first-order chi connectivity index (χ1) is 9.90. The molecule has 0 radical (unpaired) electrons. The molecule has 0 unspecified atom stereocenters. The Morgan fingerprint density at radius 1 is 1.05 bits per heavy atom. The first-order valence-corrected chi connectivity index (χ1v) is 6.13. The zero-order valence-corrected chi connectivity index (χ0v) is 11.3. The van der Waals surface area contributed by atoms with Gasteiger partial charge in [0.15, 0.2) is 11.5 Å². The Hall–Kier alpha value is -2.73. The van der Waals surface area contributed by atoms with Crippen LogP contribution in [0, 0.1) is 0 Å². The third kappa shape index (κ3) is 3.06. The molecule has 0 saturated heterocycles. The maximum atomic E-state index is 12.0. The Balaban J connectivity index is 2.26. The van der Waals surface area contributed by atoms with Crippen LogP contribution in [0.3, 0.4) is 0 Å². The van der Waals surface area contributed by atoms with Crippen LogP contribution < -0.4 is 5.32 Å². The predicted octanol–water partition coefficient (Wildman–Crippen LogP) is 2.70. The number of carbonyl (C=O) groups excluding carboxylic acids is 1. The molecule has 108 valence electrons. The number of halogens is 1. The van der Waals surface area contributed by atoms with Gasteiger partial charge in [-0.1, -0.05) is 17.7 Å². The van der Waals surface area contributed by atoms with Crippen molar-refractivity contribution in [1.29, 1.82) is 0 Å². The van der Waals surface area contributed by atoms with Gasteiger partial charge in [-0.3, -0.25) is 4.79 Å². The third-order valence-corrected chi connectivity index (χ3v) is 3.03. The molecule has 0 fully saturated rings. The second kappa shape index (κ2) is 5.72. The number of rotatable bonds is 3. The first kappa shape index (κ1) is 14.7. The van der Waals surface area contributed by atoms with Crippen molar-refractivity contribution in [2.45, 2.75) is 0 Å². The van der Waals surface area contributed by atoms with E-state index in [4.69, 9.17) is 16.7 Å². The quantitative estimate of drug-likeness (QED) is 0.652. The van der Waals surface area contributed by atoms with Crippen LogP contribution in [0.4, 0.5) is 5.69 Å². The zero-order valence-electron chi connectivity index (χ0n) is 10.5. The highest BCUT2D eigenvalue weighted by Crippen LogP contribution is 2.29. The molecule has 0 aliphatic rings. The maximum absolute atomic E-state index is 12.0. The fraction of sp³-hybridized carbons (Fsp3) is 0. The predicted molar refractivity (Wildman–Crippen MR) is 76.1 cm³/mol. The largest absolute Gasteiger partial charge is 0.504 e. The van der Waals surface area contributed by atoms with Gasteiger partial charge in [0.25, 0.3) is 5.91 Å². The van der Waals surface area contributed by atoms with Gasteiger partial charge in [0.05, 0.1) is 16.1 Å². The Morgan fingerprint density at radius 3 is 2.38 bits per heavy atom. The fourth-order valence-electron chi connectivity index (χ4n) is 1.68. The smallest absolute Gasteiger partial charge is 0.337 e. The second-order valence-corrected chi connectivity index (χ2v) is 4.53. The van der Waals surface area contributed by atoms with Crippen molar-refractivity contribution in [3.63, 3.8) is 0 Å². The van der Waals surface area contributed by atoms with E-state index in [1.807, 2.05) is 0 Å². The average molecular weight is 308 g/mol. The van der Waals surface area contributed by atoms with Gasteiger partial charge in [0.2, 0.25) is 0 Å². The van der Waals surface area contributed by atoms with Gasteiger partial charge < -0.3 is 20.6 Å². The molecule has 0 atom stereocenters. The number of hydrogen-bond donors (Lipinski definition) is 4. The number of aromatic hydroxyl groups is 2. The zero-order chi connectivity index (χ0) is 15.6. The highest BCUT2D eigenvalue weighted by Gasteiger charge is 2.15. The molecule has 0 saturated carbocycles. The minimum atomic E-state index is -1.18. The SMILES string of the molecule is O=C(O)c1ccc(NC(=O)c2cccc(O)c2O)cc1Cl. The summed E-state index contributed by atoms with van der Waals surface area (Å²) in [5, 5.41) is 30.2. The molecule has 0 bridgehead atoms. The van der Waals surface area contributed by atoms with E-state index in [-0.39, 0.29) is 21.8 Å². The molecule has 1 amide bonds. The van der Waals surface area contributed by atoms with Crippen molar-refractivity contribution in [1.82, 2.24) is 0 Å². The number of benzene rings is 2. The summed E-state index contributed by atoms with van der Waals surface area (Å²) in [6.07, 6.45) is 0. The molecule has 6 nitrogen and oxygen atoms in total. The summed E-state index contributed by atoms with van der Waals surface area (Å²) in [4.78, 5) is 22.8. The summed E-state index contributed by atoms with van der Waals surface area (Å²) in [5.41, 5.74) is 0.0565. The van der Waals surface area contributed by atoms with Crippen LogP contribution in [0.25, 0.3) is 0 Å². The van der Waals surface area contributed by atoms with E-state index in [9.17, 15) is 19.8 Å². The summed E-state index contributed by atoms with van der Waals surface area (Å²) in [5.74, 6) is -2.80. The number of phenols is 2. The van der Waals surface area contributed by atoms with Crippen LogP contribution in [0.1, 0.15) is 20.7 Å². The maximum Gasteiger partial charge on any atom is 0.337 e. The molecule has 0 spiro atoms. The van der Waals surface area contributed by atoms with Crippen LogP contribution in [-0.2, 0) is 0 Å². The second-order valence-electron chi connectivity index (χ2n) is 4.13. The number of carboxylic acids is 1. The summed E-state index contributed by atoms with van der Waals surface area (Å²) in [6, 6.07) is 7.88. The highest BCUT2D eigenvalue weighted by molar-refractivity contribution is 6.33. The van der Waals surface area contributed by atoms with Gasteiger partial charge in [-0.05, 0) is 30.3 Å². The number of phenolic OH excluding ortho intramolecular Hbond substituents is 2. The number of carboxylic acid groups (broad SMARTS) is 1. The minimum Gasteiger partial charge on any atom is -0.504 e. The molecule has 2 aromatic carbocycles. The monoisotopic (exact) mass is 307 g/mol. The highest BCUT2D eigenvalue weighted by atomic mass is 35.5. The molecule has 0 aliphatic heterocycles. The molecule has 2 aromatic rings. The summed E-state index contributed by atoms with van der Waals surface area (Å²) in [7, 11) is 0. The van der Waals surface area contributed by atoms with E-state index in [0.717, 1.165) is 0 Å². The molecule has 21 heavy (non-hydrogen) atoms. The lowest BCUT2D eigenvalue weighted by atomic mass is 10.1. The number of hydrogen-bond acceptors (Lipinski definition) is 4. The van der Waals surface area contributed by atoms with Gasteiger partial charge in [-0.25, -0.2) is 4.79 Å². The summed E-state index contributed by atoms with van der Waals surface area (Å²) in [6.45, 7) is 0. The number of carbonyl (C=O) groups is 2. The molecule has 0 aromatic heterocycles. The normalized spacial score (nSPS) is 10.1. The van der Waals surface area contributed by atoms with E-state index in [2.05, 4.69) is 5.32 Å². The first-order valence-electron chi connectivity index (χ1n) is 5.75. The van der Waals surface area contributed by atoms with Crippen molar-refractivity contribution >= 4 is 29.2 Å². The van der Waals surface area contributed by atoms with Gasteiger partial charge >= 0.3 is 5.97 Å². The molecular weight excluding hydrogens is 298 g/mol. The Bertz CT molecular complexity index is 729. The van der Waals surface area contributed by atoms with E-state index in [1.165, 1.54) is 36.4 Å². The topological polar surface area (TPSA) is 107 Å². The number of nitrogens with one attached hydrogen (secondary N) is 1. The van der Waals surface area contributed by atoms with Crippen molar-refractivity contribution in [3.05, 3.63) is 52.5 Å². The minimum absolute atomic E-state index is 0.0274. The van der Waals surface area contributed by atoms with E-state index < -0.39 is 23.4 Å². The van der Waals surface area contributed by atoms with Crippen LogP contribution in [0.2, 0.25) is 5.02 Å². The summed E-state index contributed by atoms with van der Waals surface area (Å²) >= 11 is 5.79. The Kier molecular flexibility index (Phi) is 4.00. The van der Waals surface area contributed by atoms with Gasteiger partial charge in [-0.15, -0.1) is 0 Å². The van der Waals surface area contributed by atoms with Crippen molar-refractivity contribution in [2.75, 3.05) is 5.32 Å². The van der Waals surface area contributed by atoms with Crippen molar-refractivity contribution < 1.29 is 24.9 Å². The number of aromatic carboxylic acids is 1. The number of anilines is 1. The van der Waals surface area contributed by atoms with E-state index in [1.54, 1.807) is 0 Å². The third-order valence-electron chi connectivity index (χ3n) is 2.72. The molecule has 0 aliphatic carbocycles. The molecule has 0 heterocycles.